The van der Waals surface area contributed by atoms with Crippen molar-refractivity contribution in [3.63, 3.8) is 0 Å². The Bertz CT molecular complexity index is 233. The van der Waals surface area contributed by atoms with E-state index in [2.05, 4.69) is 5.32 Å². The van der Waals surface area contributed by atoms with Crippen LogP contribution < -0.4 is 5.32 Å². The third-order valence-corrected chi connectivity index (χ3v) is 3.34. The summed E-state index contributed by atoms with van der Waals surface area (Å²) in [7, 11) is 0. The molecule has 2 rings (SSSR count). The van der Waals surface area contributed by atoms with E-state index in [1.54, 1.807) is 0 Å². The van der Waals surface area contributed by atoms with Crippen LogP contribution in [0.2, 0.25) is 0 Å². The predicted molar refractivity (Wildman–Crippen MR) is 57.6 cm³/mol. The molecule has 0 aliphatic carbocycles. The molecule has 4 nitrogen and oxygen atoms in total. The molecule has 2 fully saturated rings. The normalized spacial score (nSPS) is 30.7. The number of carbonyl (C=O) groups is 1. The first-order valence-electron chi connectivity index (χ1n) is 5.93. The zero-order chi connectivity index (χ0) is 10.7. The number of nitrogens with zero attached hydrogens (tertiary/aromatic N) is 1. The first-order valence-corrected chi connectivity index (χ1v) is 5.93. The van der Waals surface area contributed by atoms with Crippen molar-refractivity contribution in [2.75, 3.05) is 32.8 Å². The third kappa shape index (κ3) is 2.32. The number of amides is 1. The summed E-state index contributed by atoms with van der Waals surface area (Å²) >= 11 is 0. The summed E-state index contributed by atoms with van der Waals surface area (Å²) in [4.78, 5) is 13.9. The van der Waals surface area contributed by atoms with Gasteiger partial charge in [-0.25, -0.2) is 0 Å². The van der Waals surface area contributed by atoms with Gasteiger partial charge in [0.25, 0.3) is 0 Å². The smallest absolute Gasteiger partial charge is 0.227 e. The number of fused-ring (bicyclic) bond motifs is 1. The lowest BCUT2D eigenvalue weighted by Gasteiger charge is -2.23. The maximum Gasteiger partial charge on any atom is 0.227 e. The zero-order valence-electron chi connectivity index (χ0n) is 9.37. The maximum absolute atomic E-state index is 12.0. The van der Waals surface area contributed by atoms with Crippen molar-refractivity contribution in [3.05, 3.63) is 0 Å². The zero-order valence-corrected chi connectivity index (χ0v) is 9.37. The minimum atomic E-state index is 0.236. The van der Waals surface area contributed by atoms with E-state index in [9.17, 15) is 4.79 Å². The first kappa shape index (κ1) is 10.9. The molecule has 15 heavy (non-hydrogen) atoms. The van der Waals surface area contributed by atoms with E-state index in [1.807, 2.05) is 11.8 Å². The number of nitrogens with one attached hydrogen (secondary N) is 1. The van der Waals surface area contributed by atoms with Crippen LogP contribution in [0, 0.1) is 5.92 Å². The Balaban J connectivity index is 1.84. The van der Waals surface area contributed by atoms with Gasteiger partial charge >= 0.3 is 0 Å². The highest BCUT2D eigenvalue weighted by Crippen LogP contribution is 2.25. The molecule has 2 saturated heterocycles. The molecule has 4 heteroatoms. The van der Waals surface area contributed by atoms with Crippen molar-refractivity contribution < 1.29 is 9.53 Å². The lowest BCUT2D eigenvalue weighted by atomic mass is 9.94. The molecular formula is C11H20N2O2. The van der Waals surface area contributed by atoms with E-state index < -0.39 is 0 Å². The molecule has 86 valence electrons. The number of hydrogen-bond acceptors (Lipinski definition) is 3. The van der Waals surface area contributed by atoms with Crippen molar-refractivity contribution in [3.8, 4) is 0 Å². The van der Waals surface area contributed by atoms with Gasteiger partial charge < -0.3 is 15.0 Å². The minimum absolute atomic E-state index is 0.236. The SMILES string of the molecule is CCOCCN1CC2NCCCC2C1=O. The molecule has 0 bridgehead atoms. The summed E-state index contributed by atoms with van der Waals surface area (Å²) in [6, 6.07) is 0.396. The maximum atomic E-state index is 12.0. The Morgan fingerprint density at radius 2 is 2.47 bits per heavy atom. The molecule has 0 aromatic heterocycles. The molecule has 2 unspecified atom stereocenters. The van der Waals surface area contributed by atoms with Crippen molar-refractivity contribution in [1.82, 2.24) is 10.2 Å². The van der Waals surface area contributed by atoms with E-state index >= 15 is 0 Å². The molecule has 2 aliphatic heterocycles. The second kappa shape index (κ2) is 4.94. The van der Waals surface area contributed by atoms with Crippen molar-refractivity contribution in [2.45, 2.75) is 25.8 Å². The summed E-state index contributed by atoms with van der Waals surface area (Å²) < 4.78 is 5.28. The summed E-state index contributed by atoms with van der Waals surface area (Å²) in [6.07, 6.45) is 2.19. The van der Waals surface area contributed by atoms with Crippen molar-refractivity contribution >= 4 is 5.91 Å². The highest BCUT2D eigenvalue weighted by atomic mass is 16.5. The van der Waals surface area contributed by atoms with E-state index in [0.717, 1.165) is 39.1 Å². The summed E-state index contributed by atoms with van der Waals surface area (Å²) in [5.41, 5.74) is 0. The molecule has 1 amide bonds. The molecule has 0 radical (unpaired) electrons. The second-order valence-corrected chi connectivity index (χ2v) is 4.29. The third-order valence-electron chi connectivity index (χ3n) is 3.34. The number of piperidine rings is 1. The molecule has 2 heterocycles. The Morgan fingerprint density at radius 3 is 3.20 bits per heavy atom. The monoisotopic (exact) mass is 212 g/mol. The van der Waals surface area contributed by atoms with E-state index in [1.165, 1.54) is 0 Å². The van der Waals surface area contributed by atoms with Gasteiger partial charge in [-0.1, -0.05) is 0 Å². The summed E-state index contributed by atoms with van der Waals surface area (Å²) in [5, 5.41) is 3.43. The number of ether oxygens (including phenoxy) is 1. The minimum Gasteiger partial charge on any atom is -0.380 e. The van der Waals surface area contributed by atoms with Crippen LogP contribution in [0.3, 0.4) is 0 Å². The molecular weight excluding hydrogens is 192 g/mol. The van der Waals surface area contributed by atoms with Crippen LogP contribution >= 0.6 is 0 Å². The molecule has 0 spiro atoms. The highest BCUT2D eigenvalue weighted by Gasteiger charge is 2.40. The average Bonchev–Trinajstić information content (AvgIpc) is 2.57. The van der Waals surface area contributed by atoms with Crippen molar-refractivity contribution in [2.24, 2.45) is 5.92 Å². The molecule has 0 aromatic carbocycles. The highest BCUT2D eigenvalue weighted by molar-refractivity contribution is 5.82. The van der Waals surface area contributed by atoms with Crippen LogP contribution in [0.5, 0.6) is 0 Å². The number of rotatable bonds is 4. The fourth-order valence-corrected chi connectivity index (χ4v) is 2.52. The van der Waals surface area contributed by atoms with Crippen LogP contribution in [-0.4, -0.2) is 49.7 Å². The van der Waals surface area contributed by atoms with Gasteiger partial charge in [0.1, 0.15) is 0 Å². The van der Waals surface area contributed by atoms with Crippen LogP contribution in [0.4, 0.5) is 0 Å². The molecule has 1 N–H and O–H groups in total. The van der Waals surface area contributed by atoms with Gasteiger partial charge in [-0.15, -0.1) is 0 Å². The van der Waals surface area contributed by atoms with Gasteiger partial charge in [-0.2, -0.15) is 0 Å². The van der Waals surface area contributed by atoms with Gasteiger partial charge in [-0.3, -0.25) is 4.79 Å². The summed E-state index contributed by atoms with van der Waals surface area (Å²) in [5.74, 6) is 0.562. The molecule has 2 aliphatic rings. The van der Waals surface area contributed by atoms with E-state index in [0.29, 0.717) is 18.6 Å². The number of carbonyl (C=O) groups excluding carboxylic acids is 1. The topological polar surface area (TPSA) is 41.6 Å². The van der Waals surface area contributed by atoms with Gasteiger partial charge in [0.05, 0.1) is 12.5 Å². The van der Waals surface area contributed by atoms with Crippen LogP contribution in [0.1, 0.15) is 19.8 Å². The quantitative estimate of drug-likeness (QED) is 0.678. The first-order chi connectivity index (χ1) is 7.33. The lowest BCUT2D eigenvalue weighted by molar-refractivity contribution is -0.132. The van der Waals surface area contributed by atoms with Crippen molar-refractivity contribution in [1.29, 1.82) is 0 Å². The Labute approximate surface area is 91.0 Å². The number of hydrogen-bond donors (Lipinski definition) is 1. The molecule has 0 saturated carbocycles. The van der Waals surface area contributed by atoms with Gasteiger partial charge in [0, 0.05) is 25.7 Å². The van der Waals surface area contributed by atoms with Crippen LogP contribution in [0.25, 0.3) is 0 Å². The van der Waals surface area contributed by atoms with Gasteiger partial charge in [0.2, 0.25) is 5.91 Å². The Hall–Kier alpha value is -0.610. The summed E-state index contributed by atoms with van der Waals surface area (Å²) in [6.45, 7) is 6.06. The fourth-order valence-electron chi connectivity index (χ4n) is 2.52. The predicted octanol–water partition coefficient (Wildman–Crippen LogP) is 0.233. The van der Waals surface area contributed by atoms with Crippen LogP contribution in [-0.2, 0) is 9.53 Å². The average molecular weight is 212 g/mol. The number of likely N-dealkylation sites (tertiary alicyclic amines) is 1. The molecule has 2 atom stereocenters. The largest absolute Gasteiger partial charge is 0.380 e. The van der Waals surface area contributed by atoms with E-state index in [4.69, 9.17) is 4.74 Å². The lowest BCUT2D eigenvalue weighted by Crippen LogP contribution is -2.41. The standard InChI is InChI=1S/C11H20N2O2/c1-2-15-7-6-13-8-10-9(11(13)14)4-3-5-12-10/h9-10,12H,2-8H2,1H3. The fraction of sp³-hybridized carbons (Fsp3) is 0.909. The Kier molecular flexibility index (Phi) is 3.59. The van der Waals surface area contributed by atoms with Gasteiger partial charge in [-0.05, 0) is 26.3 Å². The van der Waals surface area contributed by atoms with E-state index in [-0.39, 0.29) is 5.92 Å². The van der Waals surface area contributed by atoms with Crippen LogP contribution in [0.15, 0.2) is 0 Å². The Morgan fingerprint density at radius 1 is 1.60 bits per heavy atom. The second-order valence-electron chi connectivity index (χ2n) is 4.29. The molecule has 0 aromatic rings. The van der Waals surface area contributed by atoms with Gasteiger partial charge in [0.15, 0.2) is 0 Å².